The van der Waals surface area contributed by atoms with Crippen LogP contribution in [0.15, 0.2) is 0 Å². The molecule has 8 atom stereocenters. The average Bonchev–Trinajstić information content (AvgIpc) is 3.57. The highest BCUT2D eigenvalue weighted by Crippen LogP contribution is 2.33. The fourth-order valence-electron chi connectivity index (χ4n) is 4.57. The highest BCUT2D eigenvalue weighted by molar-refractivity contribution is 4.83. The number of hydrogen-bond donors (Lipinski definition) is 3. The summed E-state index contributed by atoms with van der Waals surface area (Å²) in [6, 6.07) is 0. The van der Waals surface area contributed by atoms with E-state index >= 15 is 0 Å². The topological polar surface area (TPSA) is 120 Å². The van der Waals surface area contributed by atoms with E-state index in [2.05, 4.69) is 0 Å². The predicted molar refractivity (Wildman–Crippen MR) is 116 cm³/mol. The van der Waals surface area contributed by atoms with Crippen molar-refractivity contribution in [1.82, 2.24) is 0 Å². The maximum absolute atomic E-state index is 11.3. The standard InChI is InChI=1S/C24H42O8/c25-17(9-20-13-28-20)5-1-2-7-19(11-22-15-30-22)32-24(27,12-23-16-31-23)8-4-3-6-18(26)10-21-14-29-21/h17-23,25-27H,1-16H2. The quantitative estimate of drug-likeness (QED) is 0.144. The van der Waals surface area contributed by atoms with Gasteiger partial charge in [0.05, 0.1) is 69.2 Å². The molecule has 32 heavy (non-hydrogen) atoms. The van der Waals surface area contributed by atoms with Gasteiger partial charge >= 0.3 is 0 Å². The van der Waals surface area contributed by atoms with E-state index < -0.39 is 5.79 Å². The molecular formula is C24H42O8. The third kappa shape index (κ3) is 10.3. The number of hydrogen-bond acceptors (Lipinski definition) is 8. The van der Waals surface area contributed by atoms with E-state index in [0.29, 0.717) is 25.9 Å². The van der Waals surface area contributed by atoms with Gasteiger partial charge in [-0.15, -0.1) is 0 Å². The fourth-order valence-corrected chi connectivity index (χ4v) is 4.57. The van der Waals surface area contributed by atoms with Crippen molar-refractivity contribution >= 4 is 0 Å². The molecule has 4 fully saturated rings. The molecule has 8 unspecified atom stereocenters. The van der Waals surface area contributed by atoms with E-state index in [1.807, 2.05) is 0 Å². The maximum Gasteiger partial charge on any atom is 0.168 e. The van der Waals surface area contributed by atoms with Gasteiger partial charge in [-0.25, -0.2) is 0 Å². The average molecular weight is 459 g/mol. The summed E-state index contributed by atoms with van der Waals surface area (Å²) in [6.45, 7) is 3.01. The van der Waals surface area contributed by atoms with Gasteiger partial charge in [-0.2, -0.15) is 0 Å². The van der Waals surface area contributed by atoms with Crippen molar-refractivity contribution in [2.45, 2.75) is 126 Å². The van der Waals surface area contributed by atoms with Gasteiger partial charge < -0.3 is 39.0 Å². The number of aliphatic hydroxyl groups is 3. The first kappa shape index (κ1) is 24.8. The molecule has 4 saturated heterocycles. The number of rotatable bonds is 20. The van der Waals surface area contributed by atoms with E-state index in [-0.39, 0.29) is 42.7 Å². The Morgan fingerprint density at radius 3 is 1.69 bits per heavy atom. The summed E-state index contributed by atoms with van der Waals surface area (Å²) in [6.07, 6.45) is 9.30. The molecular weight excluding hydrogens is 416 g/mol. The molecule has 0 aromatic heterocycles. The van der Waals surface area contributed by atoms with E-state index in [1.54, 1.807) is 0 Å². The lowest BCUT2D eigenvalue weighted by Gasteiger charge is -2.33. The van der Waals surface area contributed by atoms with Crippen LogP contribution >= 0.6 is 0 Å². The third-order valence-corrected chi connectivity index (χ3v) is 6.81. The van der Waals surface area contributed by atoms with Gasteiger partial charge in [0.2, 0.25) is 0 Å². The van der Waals surface area contributed by atoms with Crippen molar-refractivity contribution in [2.75, 3.05) is 26.4 Å². The fraction of sp³-hybridized carbons (Fsp3) is 1.00. The van der Waals surface area contributed by atoms with Gasteiger partial charge in [-0.1, -0.05) is 19.3 Å². The molecule has 0 bridgehead atoms. The van der Waals surface area contributed by atoms with E-state index in [4.69, 9.17) is 23.7 Å². The smallest absolute Gasteiger partial charge is 0.168 e. The molecule has 4 heterocycles. The molecule has 0 spiro atoms. The number of unbranched alkanes of at least 4 members (excludes halogenated alkanes) is 2. The van der Waals surface area contributed by atoms with Crippen LogP contribution in [0.5, 0.6) is 0 Å². The van der Waals surface area contributed by atoms with Crippen molar-refractivity contribution in [3.05, 3.63) is 0 Å². The molecule has 4 aliphatic heterocycles. The Morgan fingerprint density at radius 2 is 1.16 bits per heavy atom. The molecule has 0 radical (unpaired) electrons. The Labute approximate surface area is 191 Å². The first-order chi connectivity index (χ1) is 15.5. The van der Waals surface area contributed by atoms with Gasteiger partial charge in [0.25, 0.3) is 0 Å². The van der Waals surface area contributed by atoms with Crippen LogP contribution in [0, 0.1) is 0 Å². The molecule has 0 amide bonds. The molecule has 0 aromatic carbocycles. The second-order valence-electron chi connectivity index (χ2n) is 10.3. The highest BCUT2D eigenvalue weighted by atomic mass is 16.6. The van der Waals surface area contributed by atoms with Crippen LogP contribution in [0.4, 0.5) is 0 Å². The summed E-state index contributed by atoms with van der Waals surface area (Å²) in [5, 5.41) is 31.5. The molecule has 4 rings (SSSR count). The predicted octanol–water partition coefficient (Wildman–Crippen LogP) is 2.06. The summed E-state index contributed by atoms with van der Waals surface area (Å²) >= 11 is 0. The van der Waals surface area contributed by atoms with Gasteiger partial charge in [0, 0.05) is 32.1 Å². The Kier molecular flexibility index (Phi) is 9.21. The maximum atomic E-state index is 11.3. The lowest BCUT2D eigenvalue weighted by atomic mass is 9.98. The van der Waals surface area contributed by atoms with E-state index in [9.17, 15) is 15.3 Å². The normalized spacial score (nSPS) is 32.7. The van der Waals surface area contributed by atoms with Crippen LogP contribution in [0.1, 0.15) is 77.0 Å². The molecule has 3 N–H and O–H groups in total. The molecule has 8 nitrogen and oxygen atoms in total. The zero-order valence-corrected chi connectivity index (χ0v) is 19.2. The van der Waals surface area contributed by atoms with Crippen molar-refractivity contribution in [1.29, 1.82) is 0 Å². The molecule has 0 saturated carbocycles. The summed E-state index contributed by atoms with van der Waals surface area (Å²) in [7, 11) is 0. The SMILES string of the molecule is OC(CCCCC(CC1CO1)OC(O)(CCCCC(O)CC1CO1)CC1CO1)CC1CO1. The second kappa shape index (κ2) is 11.9. The van der Waals surface area contributed by atoms with E-state index in [1.165, 1.54) is 0 Å². The molecule has 8 heteroatoms. The van der Waals surface area contributed by atoms with Crippen molar-refractivity contribution in [2.24, 2.45) is 0 Å². The Hall–Kier alpha value is -0.320. The minimum absolute atomic E-state index is 0.0623. The van der Waals surface area contributed by atoms with Crippen LogP contribution < -0.4 is 0 Å². The summed E-state index contributed by atoms with van der Waals surface area (Å²) in [4.78, 5) is 0. The van der Waals surface area contributed by atoms with Crippen LogP contribution in [0.2, 0.25) is 0 Å². The molecule has 0 aromatic rings. The van der Waals surface area contributed by atoms with Crippen molar-refractivity contribution in [3.63, 3.8) is 0 Å². The number of aliphatic hydroxyl groups excluding tert-OH is 2. The van der Waals surface area contributed by atoms with Gasteiger partial charge in [-0.3, -0.25) is 0 Å². The van der Waals surface area contributed by atoms with Crippen LogP contribution in [-0.2, 0) is 23.7 Å². The van der Waals surface area contributed by atoms with Crippen molar-refractivity contribution < 1.29 is 39.0 Å². The molecule has 0 aliphatic carbocycles. The lowest BCUT2D eigenvalue weighted by molar-refractivity contribution is -0.243. The zero-order chi connectivity index (χ0) is 22.4. The summed E-state index contributed by atoms with van der Waals surface area (Å²) < 4.78 is 27.5. The zero-order valence-electron chi connectivity index (χ0n) is 19.2. The van der Waals surface area contributed by atoms with Crippen LogP contribution in [0.3, 0.4) is 0 Å². The number of epoxide rings is 4. The van der Waals surface area contributed by atoms with E-state index in [0.717, 1.165) is 77.6 Å². The number of ether oxygens (including phenoxy) is 5. The third-order valence-electron chi connectivity index (χ3n) is 6.81. The highest BCUT2D eigenvalue weighted by Gasteiger charge is 2.40. The van der Waals surface area contributed by atoms with Gasteiger partial charge in [0.15, 0.2) is 5.79 Å². The van der Waals surface area contributed by atoms with Crippen LogP contribution in [-0.4, -0.2) is 90.3 Å². The summed E-state index contributed by atoms with van der Waals surface area (Å²) in [5.74, 6) is -1.20. The minimum Gasteiger partial charge on any atom is -0.393 e. The lowest BCUT2D eigenvalue weighted by Crippen LogP contribution is -2.39. The second-order valence-corrected chi connectivity index (χ2v) is 10.3. The van der Waals surface area contributed by atoms with Crippen LogP contribution in [0.25, 0.3) is 0 Å². The largest absolute Gasteiger partial charge is 0.393 e. The first-order valence-electron chi connectivity index (χ1n) is 12.7. The Morgan fingerprint density at radius 1 is 0.688 bits per heavy atom. The summed E-state index contributed by atoms with van der Waals surface area (Å²) in [5.41, 5.74) is 0. The monoisotopic (exact) mass is 458 g/mol. The molecule has 186 valence electrons. The first-order valence-corrected chi connectivity index (χ1v) is 12.7. The van der Waals surface area contributed by atoms with Crippen molar-refractivity contribution in [3.8, 4) is 0 Å². The van der Waals surface area contributed by atoms with Gasteiger partial charge in [-0.05, 0) is 25.7 Å². The van der Waals surface area contributed by atoms with Gasteiger partial charge in [0.1, 0.15) is 0 Å². The Balaban J connectivity index is 1.17. The molecule has 4 aliphatic rings. The Bertz CT molecular complexity index is 546. The minimum atomic E-state index is -1.20.